The summed E-state index contributed by atoms with van der Waals surface area (Å²) in [4.78, 5) is 8.89. The smallest absolute Gasteiger partial charge is 0.253 e. The molecule has 0 amide bonds. The number of sulfonamides is 1. The average Bonchev–Trinajstić information content (AvgIpc) is 3.15. The number of fused-ring (bicyclic) bond motifs is 1. The Labute approximate surface area is 165 Å². The summed E-state index contributed by atoms with van der Waals surface area (Å²) >= 11 is 0. The summed E-state index contributed by atoms with van der Waals surface area (Å²) in [6.07, 6.45) is 3.82. The third kappa shape index (κ3) is 3.26. The molecule has 0 unspecified atom stereocenters. The molecule has 6 nitrogen and oxygen atoms in total. The molecule has 144 valence electrons. The molecule has 2 heterocycles. The maximum Gasteiger partial charge on any atom is 0.279 e. The summed E-state index contributed by atoms with van der Waals surface area (Å²) in [5, 5.41) is 4.57. The summed E-state index contributed by atoms with van der Waals surface area (Å²) in [6.45, 7) is 6.15. The van der Waals surface area contributed by atoms with E-state index < -0.39 is 16.1 Å². The van der Waals surface area contributed by atoms with Gasteiger partial charge in [0.2, 0.25) is 0 Å². The van der Waals surface area contributed by atoms with Crippen molar-refractivity contribution < 1.29 is 8.42 Å². The molecule has 0 fully saturated rings. The third-order valence-electron chi connectivity index (χ3n) is 4.90. The van der Waals surface area contributed by atoms with Crippen molar-refractivity contribution >= 4 is 26.8 Å². The molecule has 1 aliphatic heterocycles. The van der Waals surface area contributed by atoms with Crippen LogP contribution in [0, 0.1) is 5.41 Å². The highest BCUT2D eigenvalue weighted by Gasteiger charge is 2.40. The number of hydrazone groups is 1. The molecule has 1 aliphatic rings. The number of aromatic nitrogens is 2. The molecule has 4 rings (SSSR count). The van der Waals surface area contributed by atoms with Crippen LogP contribution in [0.1, 0.15) is 38.8 Å². The molecule has 28 heavy (non-hydrogen) atoms. The first-order chi connectivity index (χ1) is 13.3. The molecule has 0 aliphatic carbocycles. The fraction of sp³-hybridized carbons (Fsp3) is 0.286. The Balaban J connectivity index is 1.82. The van der Waals surface area contributed by atoms with E-state index in [1.54, 1.807) is 42.7 Å². The molecule has 0 bridgehead atoms. The van der Waals surface area contributed by atoms with E-state index in [1.165, 1.54) is 4.41 Å². The summed E-state index contributed by atoms with van der Waals surface area (Å²) in [6, 6.07) is 13.7. The standard InChI is InChI=1S/C21H22N4O2S/c1-21(2,3)20-14-19(15-9-10-17-18(13-15)23-12-11-22-17)25(24-20)28(26,27)16-7-5-4-6-8-16/h4-13,19H,14H2,1-3H3/t19-/m1/s1. The van der Waals surface area contributed by atoms with Gasteiger partial charge in [-0.25, -0.2) is 0 Å². The van der Waals surface area contributed by atoms with Crippen molar-refractivity contribution in [2.45, 2.75) is 38.1 Å². The van der Waals surface area contributed by atoms with E-state index in [2.05, 4.69) is 15.1 Å². The van der Waals surface area contributed by atoms with Gasteiger partial charge in [0.15, 0.2) is 0 Å². The molecule has 0 spiro atoms. The van der Waals surface area contributed by atoms with Gasteiger partial charge in [0.25, 0.3) is 10.0 Å². The van der Waals surface area contributed by atoms with Gasteiger partial charge in [-0.3, -0.25) is 9.97 Å². The lowest BCUT2D eigenvalue weighted by atomic mass is 9.86. The summed E-state index contributed by atoms with van der Waals surface area (Å²) in [5.41, 5.74) is 3.00. The minimum absolute atomic E-state index is 0.226. The van der Waals surface area contributed by atoms with Gasteiger partial charge in [0.1, 0.15) is 0 Å². The van der Waals surface area contributed by atoms with Crippen molar-refractivity contribution in [2.24, 2.45) is 10.5 Å². The van der Waals surface area contributed by atoms with Gasteiger partial charge in [-0.05, 0) is 29.8 Å². The summed E-state index contributed by atoms with van der Waals surface area (Å²) in [7, 11) is -3.77. The van der Waals surface area contributed by atoms with Crippen LogP contribution in [-0.4, -0.2) is 28.5 Å². The third-order valence-corrected chi connectivity index (χ3v) is 6.60. The van der Waals surface area contributed by atoms with Gasteiger partial charge in [-0.2, -0.15) is 17.9 Å². The Hall–Kier alpha value is -2.80. The predicted molar refractivity (Wildman–Crippen MR) is 109 cm³/mol. The van der Waals surface area contributed by atoms with Crippen LogP contribution in [0.2, 0.25) is 0 Å². The van der Waals surface area contributed by atoms with Gasteiger partial charge in [-0.15, -0.1) is 0 Å². The van der Waals surface area contributed by atoms with Crippen molar-refractivity contribution in [3.8, 4) is 0 Å². The monoisotopic (exact) mass is 394 g/mol. The van der Waals surface area contributed by atoms with Crippen LogP contribution >= 0.6 is 0 Å². The van der Waals surface area contributed by atoms with E-state index >= 15 is 0 Å². The number of benzene rings is 2. The average molecular weight is 395 g/mol. The fourth-order valence-corrected chi connectivity index (χ4v) is 4.76. The lowest BCUT2D eigenvalue weighted by Gasteiger charge is -2.23. The molecule has 0 saturated heterocycles. The van der Waals surface area contributed by atoms with E-state index in [0.717, 1.165) is 22.3 Å². The van der Waals surface area contributed by atoms with E-state index in [9.17, 15) is 8.42 Å². The van der Waals surface area contributed by atoms with Crippen LogP contribution < -0.4 is 0 Å². The Morgan fingerprint density at radius 1 is 0.964 bits per heavy atom. The van der Waals surface area contributed by atoms with Gasteiger partial charge >= 0.3 is 0 Å². The lowest BCUT2D eigenvalue weighted by molar-refractivity contribution is 0.371. The van der Waals surface area contributed by atoms with E-state index in [0.29, 0.717) is 6.42 Å². The van der Waals surface area contributed by atoms with Crippen LogP contribution in [-0.2, 0) is 10.0 Å². The minimum Gasteiger partial charge on any atom is -0.253 e. The van der Waals surface area contributed by atoms with Crippen LogP contribution in [0.3, 0.4) is 0 Å². The second kappa shape index (κ2) is 6.67. The Bertz CT molecular complexity index is 1150. The lowest BCUT2D eigenvalue weighted by Crippen LogP contribution is -2.27. The zero-order valence-corrected chi connectivity index (χ0v) is 16.9. The molecule has 0 N–H and O–H groups in total. The first kappa shape index (κ1) is 18.6. The topological polar surface area (TPSA) is 75.5 Å². The number of nitrogens with zero attached hydrogens (tertiary/aromatic N) is 4. The molecular weight excluding hydrogens is 372 g/mol. The number of rotatable bonds is 3. The highest BCUT2D eigenvalue weighted by Crippen LogP contribution is 2.40. The SMILES string of the molecule is CC(C)(C)C1=NN(S(=O)(=O)c2ccccc2)[C@@H](c2ccc3nccnc3c2)C1. The van der Waals surface area contributed by atoms with Gasteiger partial charge in [-0.1, -0.05) is 45.0 Å². The molecule has 0 radical (unpaired) electrons. The van der Waals surface area contributed by atoms with Crippen molar-refractivity contribution in [1.82, 2.24) is 14.4 Å². The second-order valence-corrected chi connectivity index (χ2v) is 9.71. The van der Waals surface area contributed by atoms with Gasteiger partial charge in [0.05, 0.1) is 22.0 Å². The molecule has 7 heteroatoms. The number of hydrogen-bond donors (Lipinski definition) is 0. The molecule has 1 aromatic heterocycles. The summed E-state index contributed by atoms with van der Waals surface area (Å²) in [5.74, 6) is 0. The number of hydrogen-bond acceptors (Lipinski definition) is 5. The first-order valence-electron chi connectivity index (χ1n) is 9.15. The van der Waals surface area contributed by atoms with E-state index in [-0.39, 0.29) is 10.3 Å². The van der Waals surface area contributed by atoms with Crippen molar-refractivity contribution in [1.29, 1.82) is 0 Å². The van der Waals surface area contributed by atoms with Crippen LogP contribution in [0.25, 0.3) is 11.0 Å². The Kier molecular flexibility index (Phi) is 4.42. The highest BCUT2D eigenvalue weighted by molar-refractivity contribution is 7.89. The maximum absolute atomic E-state index is 13.3. The van der Waals surface area contributed by atoms with Crippen LogP contribution in [0.4, 0.5) is 0 Å². The van der Waals surface area contributed by atoms with E-state index in [1.807, 2.05) is 39.0 Å². The van der Waals surface area contributed by atoms with Crippen molar-refractivity contribution in [3.63, 3.8) is 0 Å². The molecular formula is C21H22N4O2S. The zero-order valence-electron chi connectivity index (χ0n) is 16.1. The minimum atomic E-state index is -3.77. The second-order valence-electron chi connectivity index (χ2n) is 7.91. The quantitative estimate of drug-likeness (QED) is 0.668. The van der Waals surface area contributed by atoms with Crippen LogP contribution in [0.5, 0.6) is 0 Å². The molecule has 2 aromatic carbocycles. The normalized spacial score (nSPS) is 17.8. The molecule has 1 atom stereocenters. The molecule has 3 aromatic rings. The predicted octanol–water partition coefficient (Wildman–Crippen LogP) is 4.17. The van der Waals surface area contributed by atoms with Gasteiger partial charge in [0, 0.05) is 29.9 Å². The zero-order chi connectivity index (χ0) is 19.9. The largest absolute Gasteiger partial charge is 0.279 e. The first-order valence-corrected chi connectivity index (χ1v) is 10.6. The maximum atomic E-state index is 13.3. The van der Waals surface area contributed by atoms with E-state index in [4.69, 9.17) is 0 Å². The van der Waals surface area contributed by atoms with Crippen molar-refractivity contribution in [2.75, 3.05) is 0 Å². The van der Waals surface area contributed by atoms with Gasteiger partial charge < -0.3 is 0 Å². The highest BCUT2D eigenvalue weighted by atomic mass is 32.2. The van der Waals surface area contributed by atoms with Crippen molar-refractivity contribution in [3.05, 3.63) is 66.5 Å². The molecule has 0 saturated carbocycles. The Morgan fingerprint density at radius 2 is 1.64 bits per heavy atom. The fourth-order valence-electron chi connectivity index (χ4n) is 3.30. The summed E-state index contributed by atoms with van der Waals surface area (Å²) < 4.78 is 28.0. The van der Waals surface area contributed by atoms with Crippen LogP contribution in [0.15, 0.2) is 70.9 Å². The Morgan fingerprint density at radius 3 is 2.32 bits per heavy atom.